The molecule has 2 aromatic rings. The lowest BCUT2D eigenvalue weighted by Crippen LogP contribution is -2.10. The molecule has 6 nitrogen and oxygen atoms in total. The molecule has 1 unspecified atom stereocenters. The second-order valence-electron chi connectivity index (χ2n) is 3.65. The maximum Gasteiger partial charge on any atom is 0.263 e. The Morgan fingerprint density at radius 1 is 1.53 bits per heavy atom. The number of nitrogens with two attached hydrogens (primary N) is 1. The minimum Gasteiger partial charge on any atom is -0.480 e. The average Bonchev–Trinajstić information content (AvgIpc) is 2.87. The summed E-state index contributed by atoms with van der Waals surface area (Å²) in [4.78, 5) is 8.36. The van der Waals surface area contributed by atoms with Crippen LogP contribution in [-0.2, 0) is 0 Å². The normalized spacial score (nSPS) is 12.4. The van der Waals surface area contributed by atoms with Gasteiger partial charge in [0.1, 0.15) is 5.56 Å². The molecule has 0 spiro atoms. The predicted octanol–water partition coefficient (Wildman–Crippen LogP) is 1.20. The van der Waals surface area contributed by atoms with Gasteiger partial charge in [-0.25, -0.2) is 4.98 Å². The summed E-state index contributed by atoms with van der Waals surface area (Å²) in [7, 11) is 1.55. The van der Waals surface area contributed by atoms with E-state index < -0.39 is 0 Å². The first kappa shape index (κ1) is 11.5. The molecule has 2 N–H and O–H groups in total. The van der Waals surface area contributed by atoms with Crippen molar-refractivity contribution in [3.05, 3.63) is 24.2 Å². The molecule has 2 heterocycles. The Morgan fingerprint density at radius 2 is 2.35 bits per heavy atom. The van der Waals surface area contributed by atoms with Crippen molar-refractivity contribution < 1.29 is 9.26 Å². The second kappa shape index (κ2) is 4.92. The first-order valence-electron chi connectivity index (χ1n) is 5.29. The lowest BCUT2D eigenvalue weighted by Gasteiger charge is -2.02. The minimum atomic E-state index is 0.0650. The van der Waals surface area contributed by atoms with Crippen LogP contribution < -0.4 is 10.5 Å². The van der Waals surface area contributed by atoms with E-state index >= 15 is 0 Å². The number of hydrogen-bond donors (Lipinski definition) is 1. The zero-order valence-corrected chi connectivity index (χ0v) is 9.75. The van der Waals surface area contributed by atoms with Crippen molar-refractivity contribution in [1.82, 2.24) is 15.1 Å². The molecule has 2 rings (SSSR count). The Balaban J connectivity index is 2.37. The molecule has 90 valence electrons. The molecule has 0 aliphatic rings. The van der Waals surface area contributed by atoms with Gasteiger partial charge in [0, 0.05) is 18.7 Å². The summed E-state index contributed by atoms with van der Waals surface area (Å²) in [5, 5.41) is 3.89. The van der Waals surface area contributed by atoms with Gasteiger partial charge in [0.05, 0.1) is 7.11 Å². The van der Waals surface area contributed by atoms with E-state index in [-0.39, 0.29) is 5.92 Å². The van der Waals surface area contributed by atoms with Gasteiger partial charge in [0.25, 0.3) is 5.89 Å². The van der Waals surface area contributed by atoms with Gasteiger partial charge in [-0.15, -0.1) is 0 Å². The van der Waals surface area contributed by atoms with E-state index in [0.717, 1.165) is 0 Å². The molecular weight excluding hydrogens is 220 g/mol. The quantitative estimate of drug-likeness (QED) is 0.855. The van der Waals surface area contributed by atoms with E-state index in [2.05, 4.69) is 15.1 Å². The van der Waals surface area contributed by atoms with Crippen LogP contribution in [0.5, 0.6) is 5.88 Å². The maximum absolute atomic E-state index is 5.55. The van der Waals surface area contributed by atoms with Gasteiger partial charge >= 0.3 is 0 Å². The van der Waals surface area contributed by atoms with Gasteiger partial charge in [0.2, 0.25) is 5.88 Å². The first-order chi connectivity index (χ1) is 8.26. The topological polar surface area (TPSA) is 87.1 Å². The monoisotopic (exact) mass is 234 g/mol. The summed E-state index contributed by atoms with van der Waals surface area (Å²) in [6.45, 7) is 2.41. The molecule has 1 atom stereocenters. The van der Waals surface area contributed by atoms with Gasteiger partial charge in [0.15, 0.2) is 5.82 Å². The second-order valence-corrected chi connectivity index (χ2v) is 3.65. The van der Waals surface area contributed by atoms with Crippen LogP contribution in [0.2, 0.25) is 0 Å². The molecule has 0 bridgehead atoms. The van der Waals surface area contributed by atoms with Gasteiger partial charge in [-0.2, -0.15) is 4.98 Å². The third kappa shape index (κ3) is 2.26. The highest BCUT2D eigenvalue weighted by Crippen LogP contribution is 2.26. The summed E-state index contributed by atoms with van der Waals surface area (Å²) >= 11 is 0. The SMILES string of the molecule is COc1ncccc1-c1nc(C(C)CN)no1. The Morgan fingerprint density at radius 3 is 3.06 bits per heavy atom. The number of nitrogens with zero attached hydrogens (tertiary/aromatic N) is 3. The van der Waals surface area contributed by atoms with Crippen LogP contribution in [0.1, 0.15) is 18.7 Å². The Labute approximate surface area is 98.8 Å². The number of hydrogen-bond acceptors (Lipinski definition) is 6. The molecule has 0 radical (unpaired) electrons. The standard InChI is InChI=1S/C11H14N4O2/c1-7(6-12)9-14-11(17-15-9)8-4-3-5-13-10(8)16-2/h3-5,7H,6,12H2,1-2H3. The largest absolute Gasteiger partial charge is 0.480 e. The smallest absolute Gasteiger partial charge is 0.263 e. The van der Waals surface area contributed by atoms with E-state index in [4.69, 9.17) is 15.0 Å². The summed E-state index contributed by atoms with van der Waals surface area (Å²) in [5.41, 5.74) is 6.23. The minimum absolute atomic E-state index is 0.0650. The van der Waals surface area contributed by atoms with Crippen LogP contribution in [0.25, 0.3) is 11.5 Å². The van der Waals surface area contributed by atoms with E-state index in [9.17, 15) is 0 Å². The lowest BCUT2D eigenvalue weighted by atomic mass is 10.2. The van der Waals surface area contributed by atoms with Crippen molar-refractivity contribution in [3.8, 4) is 17.3 Å². The fourth-order valence-electron chi connectivity index (χ4n) is 1.37. The molecule has 17 heavy (non-hydrogen) atoms. The zero-order chi connectivity index (χ0) is 12.3. The maximum atomic E-state index is 5.55. The van der Waals surface area contributed by atoms with Crippen molar-refractivity contribution in [1.29, 1.82) is 0 Å². The molecule has 0 amide bonds. The molecule has 6 heteroatoms. The highest BCUT2D eigenvalue weighted by atomic mass is 16.5. The van der Waals surface area contributed by atoms with E-state index in [1.165, 1.54) is 0 Å². The first-order valence-corrected chi connectivity index (χ1v) is 5.29. The van der Waals surface area contributed by atoms with E-state index in [0.29, 0.717) is 29.7 Å². The predicted molar refractivity (Wildman–Crippen MR) is 61.6 cm³/mol. The van der Waals surface area contributed by atoms with Crippen molar-refractivity contribution >= 4 is 0 Å². The summed E-state index contributed by atoms with van der Waals surface area (Å²) in [5.74, 6) is 1.51. The Bertz CT molecular complexity index is 498. The van der Waals surface area contributed by atoms with Crippen LogP contribution in [-0.4, -0.2) is 28.8 Å². The number of aromatic nitrogens is 3. The Hall–Kier alpha value is -1.95. The summed E-state index contributed by atoms with van der Waals surface area (Å²) in [6.07, 6.45) is 1.64. The lowest BCUT2D eigenvalue weighted by molar-refractivity contribution is 0.389. The molecule has 0 fully saturated rings. The molecule has 0 aliphatic carbocycles. The van der Waals surface area contributed by atoms with Crippen LogP contribution >= 0.6 is 0 Å². The fourth-order valence-corrected chi connectivity index (χ4v) is 1.37. The van der Waals surface area contributed by atoms with Crippen molar-refractivity contribution in [3.63, 3.8) is 0 Å². The molecular formula is C11H14N4O2. The van der Waals surface area contributed by atoms with Gasteiger partial charge in [-0.3, -0.25) is 0 Å². The van der Waals surface area contributed by atoms with Crippen LogP contribution in [0.4, 0.5) is 0 Å². The van der Waals surface area contributed by atoms with Crippen molar-refractivity contribution in [2.45, 2.75) is 12.8 Å². The number of methoxy groups -OCH3 is 1. The van der Waals surface area contributed by atoms with Gasteiger partial charge < -0.3 is 15.0 Å². The summed E-state index contributed by atoms with van der Waals surface area (Å²) < 4.78 is 10.3. The fraction of sp³-hybridized carbons (Fsp3) is 0.364. The molecule has 2 aromatic heterocycles. The van der Waals surface area contributed by atoms with Crippen LogP contribution in [0.15, 0.2) is 22.9 Å². The molecule has 0 saturated heterocycles. The molecule has 0 saturated carbocycles. The van der Waals surface area contributed by atoms with Crippen molar-refractivity contribution in [2.24, 2.45) is 5.73 Å². The van der Waals surface area contributed by atoms with Gasteiger partial charge in [-0.05, 0) is 12.1 Å². The average molecular weight is 234 g/mol. The third-order valence-electron chi connectivity index (χ3n) is 2.43. The van der Waals surface area contributed by atoms with Crippen LogP contribution in [0.3, 0.4) is 0 Å². The van der Waals surface area contributed by atoms with E-state index in [1.807, 2.05) is 13.0 Å². The highest BCUT2D eigenvalue weighted by molar-refractivity contribution is 5.59. The van der Waals surface area contributed by atoms with Crippen molar-refractivity contribution in [2.75, 3.05) is 13.7 Å². The van der Waals surface area contributed by atoms with E-state index in [1.54, 1.807) is 19.4 Å². The molecule has 0 aromatic carbocycles. The number of rotatable bonds is 4. The number of ether oxygens (including phenoxy) is 1. The summed E-state index contributed by atoms with van der Waals surface area (Å²) in [6, 6.07) is 3.60. The highest BCUT2D eigenvalue weighted by Gasteiger charge is 2.16. The molecule has 0 aliphatic heterocycles. The number of pyridine rings is 1. The van der Waals surface area contributed by atoms with Gasteiger partial charge in [-0.1, -0.05) is 12.1 Å². The zero-order valence-electron chi connectivity index (χ0n) is 9.75. The van der Waals surface area contributed by atoms with Crippen LogP contribution in [0, 0.1) is 0 Å². The Kier molecular flexibility index (Phi) is 3.34. The third-order valence-corrected chi connectivity index (χ3v) is 2.43.